The molecule has 0 bridgehead atoms. The third kappa shape index (κ3) is 4.26. The van der Waals surface area contributed by atoms with Crippen LogP contribution in [0.3, 0.4) is 0 Å². The van der Waals surface area contributed by atoms with Crippen molar-refractivity contribution in [1.29, 1.82) is 0 Å². The van der Waals surface area contributed by atoms with Crippen molar-refractivity contribution in [3.8, 4) is 5.69 Å². The molecule has 1 fully saturated rings. The zero-order valence-electron chi connectivity index (χ0n) is 19.4. The van der Waals surface area contributed by atoms with Gasteiger partial charge in [-0.1, -0.05) is 6.07 Å². The molecule has 3 N–H and O–H groups in total. The number of nitrogens with two attached hydrogens (primary N) is 1. The number of carbonyl (C=O) groups excluding carboxylic acids is 1. The summed E-state index contributed by atoms with van der Waals surface area (Å²) < 4.78 is 34.2. The van der Waals surface area contributed by atoms with Crippen molar-refractivity contribution in [2.75, 3.05) is 13.1 Å². The van der Waals surface area contributed by atoms with Crippen LogP contribution in [-0.2, 0) is 24.9 Å². The second-order valence-corrected chi connectivity index (χ2v) is 8.97. The van der Waals surface area contributed by atoms with E-state index in [1.165, 1.54) is 27.5 Å². The number of pyridine rings is 1. The van der Waals surface area contributed by atoms with Gasteiger partial charge in [0.25, 0.3) is 6.43 Å². The summed E-state index contributed by atoms with van der Waals surface area (Å²) in [5, 5.41) is 3.42. The lowest BCUT2D eigenvalue weighted by molar-refractivity contribution is 0.0535. The summed E-state index contributed by atoms with van der Waals surface area (Å²) in [5.41, 5.74) is 10.2. The second-order valence-electron chi connectivity index (χ2n) is 8.97. The van der Waals surface area contributed by atoms with Crippen molar-refractivity contribution < 1.29 is 18.3 Å². The smallest absolute Gasteiger partial charge is 0.338 e. The van der Waals surface area contributed by atoms with Gasteiger partial charge in [-0.15, -0.1) is 0 Å². The Labute approximate surface area is 200 Å². The summed E-state index contributed by atoms with van der Waals surface area (Å²) in [6, 6.07) is 6.40. The summed E-state index contributed by atoms with van der Waals surface area (Å²) in [4.78, 5) is 30.6. The number of alkyl halides is 2. The number of cyclic esters (lactones) is 1. The normalized spacial score (nSPS) is 20.3. The number of halogens is 2. The van der Waals surface area contributed by atoms with Crippen LogP contribution in [0, 0.1) is 6.92 Å². The van der Waals surface area contributed by atoms with Crippen molar-refractivity contribution in [3.05, 3.63) is 80.8 Å². The van der Waals surface area contributed by atoms with Gasteiger partial charge in [-0.3, -0.25) is 24.3 Å². The Balaban J connectivity index is 1.39. The number of fused-ring (bicyclic) bond motifs is 1. The van der Waals surface area contributed by atoms with Gasteiger partial charge in [0.15, 0.2) is 0 Å². The quantitative estimate of drug-likeness (QED) is 0.533. The number of carbonyl (C=O) groups is 1. The van der Waals surface area contributed by atoms with E-state index in [2.05, 4.69) is 15.2 Å². The Hall–Kier alpha value is -3.41. The van der Waals surface area contributed by atoms with Gasteiger partial charge >= 0.3 is 11.7 Å². The molecular formula is C24H26F2N6O3. The van der Waals surface area contributed by atoms with Gasteiger partial charge in [-0.25, -0.2) is 18.4 Å². The number of piperazine rings is 1. The number of rotatable bonds is 5. The third-order valence-electron chi connectivity index (χ3n) is 6.75. The van der Waals surface area contributed by atoms with Gasteiger partial charge < -0.3 is 10.5 Å². The van der Waals surface area contributed by atoms with E-state index < -0.39 is 6.43 Å². The van der Waals surface area contributed by atoms with Crippen molar-refractivity contribution >= 4 is 5.97 Å². The van der Waals surface area contributed by atoms with Crippen LogP contribution in [0.5, 0.6) is 0 Å². The van der Waals surface area contributed by atoms with Crippen molar-refractivity contribution in [2.24, 2.45) is 12.8 Å². The average Bonchev–Trinajstić information content (AvgIpc) is 3.34. The van der Waals surface area contributed by atoms with E-state index in [-0.39, 0.29) is 36.2 Å². The topological polar surface area (TPSA) is 107 Å². The van der Waals surface area contributed by atoms with Crippen LogP contribution >= 0.6 is 0 Å². The fraction of sp³-hybridized carbons (Fsp3) is 0.375. The highest BCUT2D eigenvalue weighted by Gasteiger charge is 2.30. The summed E-state index contributed by atoms with van der Waals surface area (Å²) in [6.07, 6.45) is -0.0837. The molecule has 0 saturated carbocycles. The van der Waals surface area contributed by atoms with Crippen LogP contribution in [0.1, 0.15) is 50.9 Å². The molecule has 0 aliphatic carbocycles. The standard InChI is InChI=1S/C24H26F2N6O3/c1-13-16(3-4-17-18(13)12-35-23(17)33)20-10-31(11-21(27)29-20)8-15-9-32(24(34)30(15)2)14-5-6-28-19(7-14)22(25)26/h3-7,9,20-22,29H,8,10-12,27H2,1-2H3/t20-,21+/m0/s1. The first-order valence-corrected chi connectivity index (χ1v) is 11.3. The van der Waals surface area contributed by atoms with Crippen molar-refractivity contribution in [2.45, 2.75) is 38.7 Å². The van der Waals surface area contributed by atoms with Gasteiger partial charge in [0.05, 0.1) is 23.1 Å². The highest BCUT2D eigenvalue weighted by molar-refractivity contribution is 5.94. The molecular weight excluding hydrogens is 458 g/mol. The first kappa shape index (κ1) is 23.3. The molecule has 35 heavy (non-hydrogen) atoms. The van der Waals surface area contributed by atoms with Gasteiger partial charge in [0, 0.05) is 50.7 Å². The molecule has 2 aliphatic rings. The van der Waals surface area contributed by atoms with Crippen LogP contribution in [0.25, 0.3) is 5.69 Å². The molecule has 0 amide bonds. The minimum absolute atomic E-state index is 0.0762. The Kier molecular flexibility index (Phi) is 5.99. The van der Waals surface area contributed by atoms with Crippen molar-refractivity contribution in [1.82, 2.24) is 24.3 Å². The highest BCUT2D eigenvalue weighted by Crippen LogP contribution is 2.31. The fourth-order valence-electron chi connectivity index (χ4n) is 4.88. The van der Waals surface area contributed by atoms with Gasteiger partial charge in [0.2, 0.25) is 0 Å². The predicted molar refractivity (Wildman–Crippen MR) is 123 cm³/mol. The molecule has 184 valence electrons. The lowest BCUT2D eigenvalue weighted by Gasteiger charge is -2.38. The van der Waals surface area contributed by atoms with Gasteiger partial charge in [-0.2, -0.15) is 0 Å². The number of esters is 1. The fourth-order valence-corrected chi connectivity index (χ4v) is 4.88. The van der Waals surface area contributed by atoms with Crippen LogP contribution < -0.4 is 16.7 Å². The number of benzene rings is 1. The number of nitrogens with zero attached hydrogens (tertiary/aromatic N) is 4. The highest BCUT2D eigenvalue weighted by atomic mass is 19.3. The van der Waals surface area contributed by atoms with Crippen molar-refractivity contribution in [3.63, 3.8) is 0 Å². The maximum Gasteiger partial charge on any atom is 0.338 e. The Morgan fingerprint density at radius 1 is 1.26 bits per heavy atom. The summed E-state index contributed by atoms with van der Waals surface area (Å²) in [7, 11) is 1.66. The van der Waals surface area contributed by atoms with Gasteiger partial charge in [0.1, 0.15) is 12.3 Å². The lowest BCUT2D eigenvalue weighted by atomic mass is 9.93. The van der Waals surface area contributed by atoms with E-state index >= 15 is 0 Å². The molecule has 1 aromatic carbocycles. The number of ether oxygens (including phenoxy) is 1. The molecule has 0 spiro atoms. The molecule has 2 aromatic heterocycles. The second kappa shape index (κ2) is 8.99. The molecule has 1 saturated heterocycles. The minimum Gasteiger partial charge on any atom is -0.457 e. The number of aromatic nitrogens is 3. The maximum absolute atomic E-state index is 13.1. The molecule has 11 heteroatoms. The molecule has 0 radical (unpaired) electrons. The molecule has 2 atom stereocenters. The summed E-state index contributed by atoms with van der Waals surface area (Å²) >= 11 is 0. The molecule has 9 nitrogen and oxygen atoms in total. The minimum atomic E-state index is -2.72. The van der Waals surface area contributed by atoms with E-state index in [4.69, 9.17) is 10.5 Å². The maximum atomic E-state index is 13.1. The largest absolute Gasteiger partial charge is 0.457 e. The monoisotopic (exact) mass is 484 g/mol. The number of nitrogens with one attached hydrogen (secondary N) is 1. The van der Waals surface area contributed by atoms with Gasteiger partial charge in [-0.05, 0) is 36.2 Å². The van der Waals surface area contributed by atoms with E-state index in [1.54, 1.807) is 19.3 Å². The Morgan fingerprint density at radius 2 is 2.06 bits per heavy atom. The first-order valence-electron chi connectivity index (χ1n) is 11.3. The zero-order valence-corrected chi connectivity index (χ0v) is 19.4. The number of hydrogen-bond donors (Lipinski definition) is 2. The van der Waals surface area contributed by atoms with E-state index in [9.17, 15) is 18.4 Å². The van der Waals surface area contributed by atoms with E-state index in [0.717, 1.165) is 22.4 Å². The zero-order chi connectivity index (χ0) is 24.9. The molecule has 3 aromatic rings. The molecule has 2 aliphatic heterocycles. The summed E-state index contributed by atoms with van der Waals surface area (Å²) in [5.74, 6) is -0.301. The molecule has 4 heterocycles. The van der Waals surface area contributed by atoms with Crippen LogP contribution in [0.15, 0.2) is 41.5 Å². The van der Waals surface area contributed by atoms with E-state index in [1.807, 2.05) is 13.0 Å². The summed E-state index contributed by atoms with van der Waals surface area (Å²) in [6.45, 7) is 3.89. The Bertz CT molecular complexity index is 1350. The lowest BCUT2D eigenvalue weighted by Crippen LogP contribution is -2.56. The third-order valence-corrected chi connectivity index (χ3v) is 6.75. The van der Waals surface area contributed by atoms with Crippen LogP contribution in [-0.4, -0.2) is 44.2 Å². The predicted octanol–water partition coefficient (Wildman–Crippen LogP) is 1.92. The first-order chi connectivity index (χ1) is 16.7. The van der Waals surface area contributed by atoms with Crippen LogP contribution in [0.2, 0.25) is 0 Å². The van der Waals surface area contributed by atoms with Crippen LogP contribution in [0.4, 0.5) is 8.78 Å². The molecule has 0 unspecified atom stereocenters. The average molecular weight is 485 g/mol. The number of imidazole rings is 1. The Morgan fingerprint density at radius 3 is 2.83 bits per heavy atom. The SMILES string of the molecule is Cc1c([C@@H]2CN(Cc3cn(-c4ccnc(C(F)F)c4)c(=O)n3C)C[C@H](N)N2)ccc2c1COC2=O. The number of hydrogen-bond acceptors (Lipinski definition) is 7. The van der Waals surface area contributed by atoms with E-state index in [0.29, 0.717) is 30.9 Å². The molecule has 5 rings (SSSR count).